The molecule has 0 aromatic rings. The third-order valence-corrected chi connectivity index (χ3v) is 5.56. The SMILES string of the molecule is COC1(C)CN(C(=O)N2N=CC[C@H]2C2CCC(Cl)CC2)C1. The van der Waals surface area contributed by atoms with Crippen LogP contribution < -0.4 is 0 Å². The van der Waals surface area contributed by atoms with E-state index >= 15 is 0 Å². The summed E-state index contributed by atoms with van der Waals surface area (Å²) >= 11 is 6.18. The Morgan fingerprint density at radius 3 is 2.62 bits per heavy atom. The number of carbonyl (C=O) groups excluding carboxylic acids is 1. The predicted molar refractivity (Wildman–Crippen MR) is 82.7 cm³/mol. The van der Waals surface area contributed by atoms with Crippen LogP contribution in [0.5, 0.6) is 0 Å². The number of rotatable bonds is 2. The van der Waals surface area contributed by atoms with Crippen molar-refractivity contribution in [2.45, 2.75) is 56.0 Å². The van der Waals surface area contributed by atoms with Gasteiger partial charge in [-0.1, -0.05) is 0 Å². The lowest BCUT2D eigenvalue weighted by Gasteiger charge is -2.48. The highest BCUT2D eigenvalue weighted by Crippen LogP contribution is 2.35. The Morgan fingerprint density at radius 2 is 2.00 bits per heavy atom. The number of likely N-dealkylation sites (tertiary alicyclic amines) is 1. The van der Waals surface area contributed by atoms with E-state index in [1.165, 1.54) is 0 Å². The molecule has 2 heterocycles. The Bertz CT molecular complexity index is 429. The fourth-order valence-electron chi connectivity index (χ4n) is 3.65. The van der Waals surface area contributed by atoms with Crippen molar-refractivity contribution in [3.63, 3.8) is 0 Å². The molecule has 2 amide bonds. The first kappa shape index (κ1) is 15.1. The van der Waals surface area contributed by atoms with Crippen molar-refractivity contribution in [1.29, 1.82) is 0 Å². The summed E-state index contributed by atoms with van der Waals surface area (Å²) in [5.41, 5.74) is -0.189. The molecule has 1 saturated carbocycles. The van der Waals surface area contributed by atoms with Gasteiger partial charge in [-0.15, -0.1) is 11.6 Å². The number of hydrazone groups is 1. The van der Waals surface area contributed by atoms with Crippen LogP contribution in [0.4, 0.5) is 4.79 Å². The van der Waals surface area contributed by atoms with Crippen LogP contribution in [0.3, 0.4) is 0 Å². The molecular weight excluding hydrogens is 290 g/mol. The standard InChI is InChI=1S/C15H24ClN3O2/c1-15(21-2)9-18(10-15)14(20)19-13(7-8-17-19)11-3-5-12(16)6-4-11/h8,11-13H,3-7,9-10H2,1-2H3/t11?,12?,13-/m0/s1. The van der Waals surface area contributed by atoms with E-state index < -0.39 is 0 Å². The van der Waals surface area contributed by atoms with Crippen LogP contribution in [0.15, 0.2) is 5.10 Å². The third-order valence-electron chi connectivity index (χ3n) is 5.12. The summed E-state index contributed by atoms with van der Waals surface area (Å²) in [5.74, 6) is 0.529. The number of hydrogen-bond donors (Lipinski definition) is 0. The Morgan fingerprint density at radius 1 is 1.33 bits per heavy atom. The number of urea groups is 1. The number of hydrogen-bond acceptors (Lipinski definition) is 3. The molecule has 1 saturated heterocycles. The Labute approximate surface area is 131 Å². The van der Waals surface area contributed by atoms with Crippen molar-refractivity contribution in [3.8, 4) is 0 Å². The summed E-state index contributed by atoms with van der Waals surface area (Å²) in [5, 5.41) is 6.34. The molecule has 0 bridgehead atoms. The van der Waals surface area contributed by atoms with Crippen molar-refractivity contribution in [1.82, 2.24) is 9.91 Å². The quantitative estimate of drug-likeness (QED) is 0.736. The van der Waals surface area contributed by atoms with Gasteiger partial charge in [0, 0.05) is 25.1 Å². The van der Waals surface area contributed by atoms with Gasteiger partial charge in [0.05, 0.1) is 19.1 Å². The number of carbonyl (C=O) groups is 1. The molecule has 3 aliphatic rings. The fourth-order valence-corrected chi connectivity index (χ4v) is 3.90. The molecule has 5 nitrogen and oxygen atoms in total. The van der Waals surface area contributed by atoms with Gasteiger partial charge < -0.3 is 9.64 Å². The summed E-state index contributed by atoms with van der Waals surface area (Å²) in [6.07, 6.45) is 7.05. The zero-order valence-corrected chi connectivity index (χ0v) is 13.6. The summed E-state index contributed by atoms with van der Waals surface area (Å²) < 4.78 is 5.41. The maximum atomic E-state index is 12.6. The molecule has 0 N–H and O–H groups in total. The second-order valence-corrected chi connectivity index (χ2v) is 7.37. The first-order valence-corrected chi connectivity index (χ1v) is 8.26. The van der Waals surface area contributed by atoms with Crippen LogP contribution in [-0.4, -0.2) is 59.4 Å². The van der Waals surface area contributed by atoms with Crippen molar-refractivity contribution in [2.24, 2.45) is 11.0 Å². The maximum absolute atomic E-state index is 12.6. The van der Waals surface area contributed by atoms with Gasteiger partial charge in [0.1, 0.15) is 5.60 Å². The molecule has 3 rings (SSSR count). The van der Waals surface area contributed by atoms with Crippen molar-refractivity contribution >= 4 is 23.8 Å². The van der Waals surface area contributed by atoms with Crippen LogP contribution in [0.1, 0.15) is 39.0 Å². The minimum atomic E-state index is -0.189. The topological polar surface area (TPSA) is 45.1 Å². The highest BCUT2D eigenvalue weighted by molar-refractivity contribution is 6.20. The van der Waals surface area contributed by atoms with Gasteiger partial charge in [-0.2, -0.15) is 5.10 Å². The van der Waals surface area contributed by atoms with Crippen molar-refractivity contribution in [3.05, 3.63) is 0 Å². The van der Waals surface area contributed by atoms with Crippen LogP contribution in [0.2, 0.25) is 0 Å². The van der Waals surface area contributed by atoms with Crippen LogP contribution in [0, 0.1) is 5.92 Å². The van der Waals surface area contributed by atoms with Gasteiger partial charge in [0.25, 0.3) is 0 Å². The number of alkyl halides is 1. The average Bonchev–Trinajstić information content (AvgIpc) is 2.93. The molecule has 2 fully saturated rings. The van der Waals surface area contributed by atoms with Crippen LogP contribution in [-0.2, 0) is 4.74 Å². The maximum Gasteiger partial charge on any atom is 0.340 e. The Balaban J connectivity index is 1.59. The Hall–Kier alpha value is -0.810. The molecule has 0 aromatic heterocycles. The van der Waals surface area contributed by atoms with Gasteiger partial charge in [-0.05, 0) is 38.5 Å². The van der Waals surface area contributed by atoms with E-state index in [-0.39, 0.29) is 17.7 Å². The third kappa shape index (κ3) is 2.90. The van der Waals surface area contributed by atoms with Gasteiger partial charge in [-0.3, -0.25) is 0 Å². The molecule has 6 heteroatoms. The average molecular weight is 314 g/mol. The minimum absolute atomic E-state index is 0.0243. The molecule has 0 spiro atoms. The summed E-state index contributed by atoms with van der Waals surface area (Å²) in [4.78, 5) is 14.4. The zero-order valence-electron chi connectivity index (χ0n) is 12.8. The number of halogens is 1. The lowest BCUT2D eigenvalue weighted by Crippen LogP contribution is -2.65. The second-order valence-electron chi connectivity index (χ2n) is 6.75. The molecule has 118 valence electrons. The van der Waals surface area contributed by atoms with Crippen LogP contribution in [0.25, 0.3) is 0 Å². The van der Waals surface area contributed by atoms with Gasteiger partial charge in [0.15, 0.2) is 0 Å². The van der Waals surface area contributed by atoms with E-state index in [1.54, 1.807) is 12.1 Å². The van der Waals surface area contributed by atoms with Gasteiger partial charge >= 0.3 is 6.03 Å². The normalized spacial score (nSPS) is 34.9. The molecule has 0 radical (unpaired) electrons. The lowest BCUT2D eigenvalue weighted by atomic mass is 9.82. The second kappa shape index (κ2) is 5.76. The van der Waals surface area contributed by atoms with Crippen molar-refractivity contribution < 1.29 is 9.53 Å². The van der Waals surface area contributed by atoms with E-state index in [0.29, 0.717) is 24.4 Å². The highest BCUT2D eigenvalue weighted by atomic mass is 35.5. The smallest absolute Gasteiger partial charge is 0.340 e. The van der Waals surface area contributed by atoms with Gasteiger partial charge in [0.2, 0.25) is 0 Å². The highest BCUT2D eigenvalue weighted by Gasteiger charge is 2.45. The monoisotopic (exact) mass is 313 g/mol. The molecule has 21 heavy (non-hydrogen) atoms. The van der Waals surface area contributed by atoms with Gasteiger partial charge in [-0.25, -0.2) is 9.80 Å². The number of methoxy groups -OCH3 is 1. The van der Waals surface area contributed by atoms with E-state index in [4.69, 9.17) is 16.3 Å². The first-order valence-electron chi connectivity index (χ1n) is 7.82. The molecular formula is C15H24ClN3O2. The zero-order chi connectivity index (χ0) is 15.0. The van der Waals surface area contributed by atoms with E-state index in [1.807, 2.05) is 18.0 Å². The number of amides is 2. The predicted octanol–water partition coefficient (Wildman–Crippen LogP) is 2.68. The van der Waals surface area contributed by atoms with E-state index in [9.17, 15) is 4.79 Å². The van der Waals surface area contributed by atoms with Crippen LogP contribution >= 0.6 is 11.6 Å². The van der Waals surface area contributed by atoms with E-state index in [2.05, 4.69) is 5.10 Å². The molecule has 2 aliphatic heterocycles. The first-order chi connectivity index (χ1) is 10.0. The summed E-state index contributed by atoms with van der Waals surface area (Å²) in [6, 6.07) is 0.243. The van der Waals surface area contributed by atoms with Crippen molar-refractivity contribution in [2.75, 3.05) is 20.2 Å². The summed E-state index contributed by atoms with van der Waals surface area (Å²) in [6.45, 7) is 3.33. The molecule has 1 aliphatic carbocycles. The molecule has 1 atom stereocenters. The summed E-state index contributed by atoms with van der Waals surface area (Å²) in [7, 11) is 1.70. The van der Waals surface area contributed by atoms with E-state index in [0.717, 1.165) is 32.1 Å². The largest absolute Gasteiger partial charge is 0.375 e. The fraction of sp³-hybridized carbons (Fsp3) is 0.867. The number of nitrogens with zero attached hydrogens (tertiary/aromatic N) is 3. The lowest BCUT2D eigenvalue weighted by molar-refractivity contribution is -0.0968. The number of ether oxygens (including phenoxy) is 1. The minimum Gasteiger partial charge on any atom is -0.375 e. The molecule has 0 aromatic carbocycles. The molecule has 0 unspecified atom stereocenters. The Kier molecular flexibility index (Phi) is 4.14.